The van der Waals surface area contributed by atoms with E-state index in [-0.39, 0.29) is 11.5 Å². The van der Waals surface area contributed by atoms with E-state index in [1.54, 1.807) is 29.9 Å². The predicted octanol–water partition coefficient (Wildman–Crippen LogP) is 2.99. The topological polar surface area (TPSA) is 64.4 Å². The highest BCUT2D eigenvalue weighted by atomic mass is 19.4. The third-order valence-corrected chi connectivity index (χ3v) is 5.08. The lowest BCUT2D eigenvalue weighted by Gasteiger charge is -2.32. The molecule has 0 N–H and O–H groups in total. The van der Waals surface area contributed by atoms with E-state index in [1.807, 2.05) is 0 Å². The predicted molar refractivity (Wildman–Crippen MR) is 97.1 cm³/mol. The van der Waals surface area contributed by atoms with Crippen molar-refractivity contribution in [2.75, 3.05) is 20.2 Å². The van der Waals surface area contributed by atoms with Crippen LogP contribution in [0.5, 0.6) is 5.75 Å². The average Bonchev–Trinajstić information content (AvgIpc) is 2.68. The minimum atomic E-state index is -4.32. The highest BCUT2D eigenvalue weighted by molar-refractivity contribution is 5.78. The Morgan fingerprint density at radius 3 is 2.64 bits per heavy atom. The van der Waals surface area contributed by atoms with Crippen LogP contribution in [-0.2, 0) is 11.3 Å². The van der Waals surface area contributed by atoms with Crippen LogP contribution in [0.4, 0.5) is 13.2 Å². The van der Waals surface area contributed by atoms with Crippen molar-refractivity contribution in [3.05, 3.63) is 34.9 Å². The normalized spacial score (nSPS) is 15.8. The maximum atomic E-state index is 12.7. The molecule has 0 atom stereocenters. The van der Waals surface area contributed by atoms with E-state index in [9.17, 15) is 22.8 Å². The van der Waals surface area contributed by atoms with E-state index in [2.05, 4.69) is 4.98 Å². The van der Waals surface area contributed by atoms with Gasteiger partial charge in [0.25, 0.3) is 5.56 Å². The minimum absolute atomic E-state index is 0.142. The van der Waals surface area contributed by atoms with Gasteiger partial charge in [-0.3, -0.25) is 14.2 Å². The van der Waals surface area contributed by atoms with Crippen molar-refractivity contribution < 1.29 is 22.7 Å². The molecule has 1 fully saturated rings. The SMILES string of the molecule is COc1ccc2c(=O)n(CC3CCN(C(=O)CCC(F)(F)F)CC3)cnc2c1. The van der Waals surface area contributed by atoms with Crippen LogP contribution in [0.3, 0.4) is 0 Å². The van der Waals surface area contributed by atoms with Crippen molar-refractivity contribution in [1.29, 1.82) is 0 Å². The summed E-state index contributed by atoms with van der Waals surface area (Å²) in [6, 6.07) is 5.09. The van der Waals surface area contributed by atoms with E-state index < -0.39 is 24.9 Å². The van der Waals surface area contributed by atoms with Crippen molar-refractivity contribution in [3.8, 4) is 5.75 Å². The number of piperidine rings is 1. The number of aromatic nitrogens is 2. The number of benzene rings is 1. The second kappa shape index (κ2) is 8.20. The van der Waals surface area contributed by atoms with E-state index in [0.29, 0.717) is 49.1 Å². The molecule has 0 saturated carbocycles. The Labute approximate surface area is 159 Å². The monoisotopic (exact) mass is 397 g/mol. The summed E-state index contributed by atoms with van der Waals surface area (Å²) in [5, 5.41) is 0.503. The van der Waals surface area contributed by atoms with Gasteiger partial charge in [0.1, 0.15) is 5.75 Å². The molecule has 152 valence electrons. The van der Waals surface area contributed by atoms with Gasteiger partial charge in [-0.2, -0.15) is 13.2 Å². The Morgan fingerprint density at radius 2 is 2.00 bits per heavy atom. The van der Waals surface area contributed by atoms with Crippen molar-refractivity contribution in [2.24, 2.45) is 5.92 Å². The van der Waals surface area contributed by atoms with Gasteiger partial charge in [-0.1, -0.05) is 0 Å². The van der Waals surface area contributed by atoms with Gasteiger partial charge in [-0.05, 0) is 30.9 Å². The zero-order valence-corrected chi connectivity index (χ0v) is 15.5. The van der Waals surface area contributed by atoms with E-state index >= 15 is 0 Å². The summed E-state index contributed by atoms with van der Waals surface area (Å²) in [4.78, 5) is 30.4. The van der Waals surface area contributed by atoms with E-state index in [4.69, 9.17) is 4.74 Å². The van der Waals surface area contributed by atoms with Gasteiger partial charge in [0.2, 0.25) is 5.91 Å². The number of fused-ring (bicyclic) bond motifs is 1. The summed E-state index contributed by atoms with van der Waals surface area (Å²) >= 11 is 0. The quantitative estimate of drug-likeness (QED) is 0.778. The fourth-order valence-electron chi connectivity index (χ4n) is 3.45. The molecule has 0 bridgehead atoms. The number of alkyl halides is 3. The standard InChI is InChI=1S/C19H22F3N3O3/c1-28-14-2-3-15-16(10-14)23-12-25(18(15)27)11-13-5-8-24(9-6-13)17(26)4-7-19(20,21)22/h2-3,10,12-13H,4-9,11H2,1H3. The molecule has 1 aromatic heterocycles. The van der Waals surface area contributed by atoms with Crippen LogP contribution in [-0.4, -0.2) is 46.7 Å². The highest BCUT2D eigenvalue weighted by Gasteiger charge is 2.30. The first-order chi connectivity index (χ1) is 13.3. The molecule has 1 aromatic carbocycles. The number of halogens is 3. The van der Waals surface area contributed by atoms with Crippen LogP contribution >= 0.6 is 0 Å². The molecule has 1 amide bonds. The highest BCUT2D eigenvalue weighted by Crippen LogP contribution is 2.24. The lowest BCUT2D eigenvalue weighted by Crippen LogP contribution is -2.40. The van der Waals surface area contributed by atoms with Crippen molar-refractivity contribution in [2.45, 2.75) is 38.4 Å². The summed E-state index contributed by atoms with van der Waals surface area (Å²) < 4.78 is 43.5. The molecule has 0 aliphatic carbocycles. The molecule has 1 aliphatic rings. The number of ether oxygens (including phenoxy) is 1. The van der Waals surface area contributed by atoms with Gasteiger partial charge in [-0.15, -0.1) is 0 Å². The number of likely N-dealkylation sites (tertiary alicyclic amines) is 1. The number of hydrogen-bond donors (Lipinski definition) is 0. The summed E-state index contributed by atoms with van der Waals surface area (Å²) in [5.41, 5.74) is 0.419. The molecule has 6 nitrogen and oxygen atoms in total. The molecule has 1 saturated heterocycles. The van der Waals surface area contributed by atoms with Gasteiger partial charge in [0, 0.05) is 32.1 Å². The fourth-order valence-corrected chi connectivity index (χ4v) is 3.45. The fraction of sp³-hybridized carbons (Fsp3) is 0.526. The Kier molecular flexibility index (Phi) is 5.90. The molecular formula is C19H22F3N3O3. The molecule has 0 spiro atoms. The van der Waals surface area contributed by atoms with Crippen molar-refractivity contribution in [1.82, 2.24) is 14.5 Å². The van der Waals surface area contributed by atoms with Crippen LogP contribution in [0.25, 0.3) is 10.9 Å². The molecule has 9 heteroatoms. The first-order valence-corrected chi connectivity index (χ1v) is 9.14. The van der Waals surface area contributed by atoms with Gasteiger partial charge < -0.3 is 9.64 Å². The Hall–Kier alpha value is -2.58. The minimum Gasteiger partial charge on any atom is -0.497 e. The second-order valence-electron chi connectivity index (χ2n) is 7.02. The number of amides is 1. The van der Waals surface area contributed by atoms with Crippen molar-refractivity contribution in [3.63, 3.8) is 0 Å². The number of rotatable bonds is 5. The molecule has 2 aromatic rings. The van der Waals surface area contributed by atoms with Crippen LogP contribution in [0.1, 0.15) is 25.7 Å². The molecule has 1 aliphatic heterocycles. The molecule has 0 radical (unpaired) electrons. The molecule has 2 heterocycles. The van der Waals surface area contributed by atoms with Gasteiger partial charge in [0.15, 0.2) is 0 Å². The summed E-state index contributed by atoms with van der Waals surface area (Å²) in [6.07, 6.45) is -3.12. The number of carbonyl (C=O) groups is 1. The maximum Gasteiger partial charge on any atom is 0.389 e. The third-order valence-electron chi connectivity index (χ3n) is 5.08. The van der Waals surface area contributed by atoms with E-state index in [1.165, 1.54) is 11.2 Å². The molecule has 0 unspecified atom stereocenters. The number of methoxy groups -OCH3 is 1. The first kappa shape index (κ1) is 20.2. The Bertz CT molecular complexity index is 903. The van der Waals surface area contributed by atoms with Crippen molar-refractivity contribution >= 4 is 16.8 Å². The average molecular weight is 397 g/mol. The van der Waals surface area contributed by atoms with Gasteiger partial charge in [-0.25, -0.2) is 4.98 Å². The second-order valence-corrected chi connectivity index (χ2v) is 7.02. The van der Waals surface area contributed by atoms with E-state index in [0.717, 1.165) is 0 Å². The largest absolute Gasteiger partial charge is 0.497 e. The molecule has 28 heavy (non-hydrogen) atoms. The van der Waals surface area contributed by atoms with Gasteiger partial charge in [0.05, 0.1) is 30.8 Å². The van der Waals surface area contributed by atoms with Crippen LogP contribution in [0.15, 0.2) is 29.3 Å². The summed E-state index contributed by atoms with van der Waals surface area (Å²) in [6.45, 7) is 1.29. The Morgan fingerprint density at radius 1 is 1.29 bits per heavy atom. The summed E-state index contributed by atoms with van der Waals surface area (Å²) in [7, 11) is 1.54. The maximum absolute atomic E-state index is 12.7. The van der Waals surface area contributed by atoms with Crippen LogP contribution < -0.4 is 10.3 Å². The first-order valence-electron chi connectivity index (χ1n) is 9.14. The zero-order valence-electron chi connectivity index (χ0n) is 15.5. The van der Waals surface area contributed by atoms with Gasteiger partial charge >= 0.3 is 6.18 Å². The molecular weight excluding hydrogens is 375 g/mol. The molecule has 3 rings (SSSR count). The van der Waals surface area contributed by atoms with Crippen LogP contribution in [0, 0.1) is 5.92 Å². The summed E-state index contributed by atoms with van der Waals surface area (Å²) in [5.74, 6) is 0.329. The lowest BCUT2D eigenvalue weighted by atomic mass is 9.96. The number of nitrogens with zero attached hydrogens (tertiary/aromatic N) is 3. The lowest BCUT2D eigenvalue weighted by molar-refractivity contribution is -0.149. The Balaban J connectivity index is 1.59. The third kappa shape index (κ3) is 4.82. The number of hydrogen-bond acceptors (Lipinski definition) is 4. The van der Waals surface area contributed by atoms with Crippen LogP contribution in [0.2, 0.25) is 0 Å². The smallest absolute Gasteiger partial charge is 0.389 e. The zero-order chi connectivity index (χ0) is 20.3. The number of carbonyl (C=O) groups excluding carboxylic acids is 1.